The van der Waals surface area contributed by atoms with E-state index in [9.17, 15) is 4.79 Å². The summed E-state index contributed by atoms with van der Waals surface area (Å²) >= 11 is 0. The number of para-hydroxylation sites is 1. The lowest BCUT2D eigenvalue weighted by Crippen LogP contribution is -2.28. The third kappa shape index (κ3) is 2.94. The maximum atomic E-state index is 11.9. The lowest BCUT2D eigenvalue weighted by Gasteiger charge is -2.09. The van der Waals surface area contributed by atoms with E-state index in [1.54, 1.807) is 24.3 Å². The molecular weight excluding hydrogens is 282 g/mol. The quantitative estimate of drug-likeness (QED) is 0.911. The first-order valence-electron chi connectivity index (χ1n) is 6.69. The predicted molar refractivity (Wildman–Crippen MR) is 79.6 cm³/mol. The van der Waals surface area contributed by atoms with Crippen molar-refractivity contribution in [3.05, 3.63) is 53.6 Å². The van der Waals surface area contributed by atoms with Crippen LogP contribution >= 0.6 is 0 Å². The van der Waals surface area contributed by atoms with E-state index >= 15 is 0 Å². The monoisotopic (exact) mass is 295 g/mol. The summed E-state index contributed by atoms with van der Waals surface area (Å²) in [6.07, 6.45) is 0. The van der Waals surface area contributed by atoms with Crippen molar-refractivity contribution < 1.29 is 14.3 Å². The number of nitriles is 1. The summed E-state index contributed by atoms with van der Waals surface area (Å²) in [7, 11) is 0. The van der Waals surface area contributed by atoms with Crippen molar-refractivity contribution in [3.8, 4) is 17.6 Å². The fraction of sp³-hybridized carbons (Fsp3) is 0.125. The van der Waals surface area contributed by atoms with Crippen LogP contribution in [-0.2, 0) is 6.54 Å². The van der Waals surface area contributed by atoms with Gasteiger partial charge in [0, 0.05) is 6.54 Å². The normalized spacial score (nSPS) is 11.6. The van der Waals surface area contributed by atoms with E-state index in [0.29, 0.717) is 29.3 Å². The van der Waals surface area contributed by atoms with Crippen LogP contribution in [-0.4, -0.2) is 12.8 Å². The van der Waals surface area contributed by atoms with Crippen molar-refractivity contribution in [2.45, 2.75) is 6.54 Å². The molecule has 2 amide bonds. The maximum absolute atomic E-state index is 11.9. The van der Waals surface area contributed by atoms with Crippen molar-refractivity contribution in [1.82, 2.24) is 5.32 Å². The van der Waals surface area contributed by atoms with Gasteiger partial charge in [0.2, 0.25) is 6.79 Å². The zero-order valence-electron chi connectivity index (χ0n) is 11.6. The van der Waals surface area contributed by atoms with Crippen LogP contribution < -0.4 is 20.1 Å². The number of benzene rings is 2. The number of nitrogens with zero attached hydrogens (tertiary/aromatic N) is 1. The fourth-order valence-electron chi connectivity index (χ4n) is 2.09. The highest BCUT2D eigenvalue weighted by atomic mass is 16.7. The minimum absolute atomic E-state index is 0.220. The Morgan fingerprint density at radius 1 is 1.18 bits per heavy atom. The summed E-state index contributed by atoms with van der Waals surface area (Å²) in [5.74, 6) is 1.38. The molecule has 0 atom stereocenters. The molecule has 0 unspecified atom stereocenters. The van der Waals surface area contributed by atoms with Gasteiger partial charge in [-0.05, 0) is 29.8 Å². The van der Waals surface area contributed by atoms with Crippen LogP contribution in [0, 0.1) is 11.3 Å². The Balaban J connectivity index is 1.60. The molecular formula is C16H13N3O3. The second-order valence-electron chi connectivity index (χ2n) is 4.65. The Morgan fingerprint density at radius 2 is 2.00 bits per heavy atom. The molecule has 2 aromatic rings. The number of anilines is 1. The Kier molecular flexibility index (Phi) is 3.79. The molecule has 6 nitrogen and oxygen atoms in total. The van der Waals surface area contributed by atoms with Crippen LogP contribution in [0.1, 0.15) is 11.1 Å². The molecule has 0 aliphatic carbocycles. The van der Waals surface area contributed by atoms with Crippen molar-refractivity contribution >= 4 is 11.7 Å². The molecule has 0 saturated heterocycles. The van der Waals surface area contributed by atoms with Crippen molar-refractivity contribution in [2.24, 2.45) is 0 Å². The minimum atomic E-state index is -0.375. The summed E-state index contributed by atoms with van der Waals surface area (Å²) in [4.78, 5) is 11.9. The van der Waals surface area contributed by atoms with E-state index in [4.69, 9.17) is 14.7 Å². The second kappa shape index (κ2) is 6.06. The first-order valence-corrected chi connectivity index (χ1v) is 6.69. The topological polar surface area (TPSA) is 83.4 Å². The zero-order valence-corrected chi connectivity index (χ0v) is 11.6. The third-order valence-electron chi connectivity index (χ3n) is 3.19. The van der Waals surface area contributed by atoms with Gasteiger partial charge in [-0.15, -0.1) is 0 Å². The average Bonchev–Trinajstić information content (AvgIpc) is 3.01. The van der Waals surface area contributed by atoms with Crippen molar-refractivity contribution in [3.63, 3.8) is 0 Å². The maximum Gasteiger partial charge on any atom is 0.319 e. The van der Waals surface area contributed by atoms with Gasteiger partial charge < -0.3 is 20.1 Å². The van der Waals surface area contributed by atoms with Gasteiger partial charge >= 0.3 is 6.03 Å². The summed E-state index contributed by atoms with van der Waals surface area (Å²) in [5, 5.41) is 14.4. The lowest BCUT2D eigenvalue weighted by atomic mass is 10.2. The summed E-state index contributed by atoms with van der Waals surface area (Å²) < 4.78 is 10.5. The van der Waals surface area contributed by atoms with Crippen LogP contribution in [0.2, 0.25) is 0 Å². The smallest absolute Gasteiger partial charge is 0.319 e. The highest BCUT2D eigenvalue weighted by Gasteiger charge is 2.13. The molecule has 1 aliphatic heterocycles. The Morgan fingerprint density at radius 3 is 2.86 bits per heavy atom. The van der Waals surface area contributed by atoms with Crippen LogP contribution in [0.25, 0.3) is 0 Å². The zero-order chi connectivity index (χ0) is 15.4. The molecule has 3 rings (SSSR count). The van der Waals surface area contributed by atoms with E-state index in [0.717, 1.165) is 5.56 Å². The average molecular weight is 295 g/mol. The first-order chi connectivity index (χ1) is 10.8. The second-order valence-corrected chi connectivity index (χ2v) is 4.65. The molecule has 1 aliphatic rings. The third-order valence-corrected chi connectivity index (χ3v) is 3.19. The van der Waals surface area contributed by atoms with E-state index in [1.165, 1.54) is 0 Å². The molecule has 0 radical (unpaired) electrons. The fourth-order valence-corrected chi connectivity index (χ4v) is 2.09. The molecule has 1 heterocycles. The molecule has 0 fully saturated rings. The predicted octanol–water partition coefficient (Wildman–Crippen LogP) is 2.61. The lowest BCUT2D eigenvalue weighted by molar-refractivity contribution is 0.174. The Bertz CT molecular complexity index is 753. The van der Waals surface area contributed by atoms with Crippen molar-refractivity contribution in [1.29, 1.82) is 5.26 Å². The molecule has 2 N–H and O–H groups in total. The molecule has 0 saturated carbocycles. The van der Waals surface area contributed by atoms with E-state index in [1.807, 2.05) is 24.3 Å². The minimum Gasteiger partial charge on any atom is -0.454 e. The van der Waals surface area contributed by atoms with Gasteiger partial charge in [-0.3, -0.25) is 0 Å². The first kappa shape index (κ1) is 13.8. The molecule has 110 valence electrons. The van der Waals surface area contributed by atoms with Gasteiger partial charge in [-0.2, -0.15) is 5.26 Å². The molecule has 2 aromatic carbocycles. The number of carbonyl (C=O) groups is 1. The van der Waals surface area contributed by atoms with Gasteiger partial charge in [-0.25, -0.2) is 4.79 Å². The van der Waals surface area contributed by atoms with E-state index in [-0.39, 0.29) is 12.8 Å². The Labute approximate surface area is 127 Å². The van der Waals surface area contributed by atoms with Crippen molar-refractivity contribution in [2.75, 3.05) is 12.1 Å². The molecule has 6 heteroatoms. The summed E-state index contributed by atoms with van der Waals surface area (Å²) in [5.41, 5.74) is 1.79. The number of urea groups is 1. The number of fused-ring (bicyclic) bond motifs is 1. The number of ether oxygens (including phenoxy) is 2. The van der Waals surface area contributed by atoms with Crippen LogP contribution in [0.15, 0.2) is 42.5 Å². The van der Waals surface area contributed by atoms with Gasteiger partial charge in [0.05, 0.1) is 11.3 Å². The van der Waals surface area contributed by atoms with Gasteiger partial charge in [0.1, 0.15) is 6.07 Å². The molecule has 0 bridgehead atoms. The number of hydrogen-bond acceptors (Lipinski definition) is 4. The van der Waals surface area contributed by atoms with Crippen LogP contribution in [0.3, 0.4) is 0 Å². The number of hydrogen-bond donors (Lipinski definition) is 2. The summed E-state index contributed by atoms with van der Waals surface area (Å²) in [6.45, 7) is 0.564. The number of rotatable bonds is 3. The highest BCUT2D eigenvalue weighted by molar-refractivity contribution is 5.90. The highest BCUT2D eigenvalue weighted by Crippen LogP contribution is 2.32. The van der Waals surface area contributed by atoms with E-state index < -0.39 is 0 Å². The standard InChI is InChI=1S/C16H13N3O3/c17-8-12-3-1-2-4-13(12)19-16(20)18-9-11-5-6-14-15(7-11)22-10-21-14/h1-7H,9-10H2,(H2,18,19,20). The Hall–Kier alpha value is -3.20. The number of amides is 2. The van der Waals surface area contributed by atoms with E-state index in [2.05, 4.69) is 10.6 Å². The number of carbonyl (C=O) groups excluding carboxylic acids is 1. The molecule has 0 spiro atoms. The van der Waals surface area contributed by atoms with Gasteiger partial charge in [-0.1, -0.05) is 18.2 Å². The van der Waals surface area contributed by atoms with Crippen LogP contribution in [0.4, 0.5) is 10.5 Å². The van der Waals surface area contributed by atoms with Crippen LogP contribution in [0.5, 0.6) is 11.5 Å². The molecule has 22 heavy (non-hydrogen) atoms. The largest absolute Gasteiger partial charge is 0.454 e. The molecule has 0 aromatic heterocycles. The van der Waals surface area contributed by atoms with Gasteiger partial charge in [0.25, 0.3) is 0 Å². The van der Waals surface area contributed by atoms with Gasteiger partial charge in [0.15, 0.2) is 11.5 Å². The number of nitrogens with one attached hydrogen (secondary N) is 2. The SMILES string of the molecule is N#Cc1ccccc1NC(=O)NCc1ccc2c(c1)OCO2. The summed E-state index contributed by atoms with van der Waals surface area (Å²) in [6, 6.07) is 14.0.